The van der Waals surface area contributed by atoms with Crippen LogP contribution < -0.4 is 10.1 Å². The van der Waals surface area contributed by atoms with Crippen LogP contribution in [-0.4, -0.2) is 68.8 Å². The number of phenols is 1. The third-order valence-corrected chi connectivity index (χ3v) is 6.42. The second kappa shape index (κ2) is 10.3. The zero-order valence-electron chi connectivity index (χ0n) is 18.8. The SMILES string of the molecule is COc1ccc(CCCC(=O)N2CC(Cl)C(NC(=O)c3cccc(O)c3C)[C@@]2(O)C(=O)O)cc1. The Labute approximate surface area is 201 Å². The molecule has 3 rings (SSSR count). The summed E-state index contributed by atoms with van der Waals surface area (Å²) in [6.45, 7) is 1.27. The number of hydrogen-bond donors (Lipinski definition) is 4. The number of aryl methyl sites for hydroxylation is 1. The number of alkyl halides is 1. The molecule has 4 N–H and O–H groups in total. The minimum atomic E-state index is -2.72. The zero-order chi connectivity index (χ0) is 25.0. The van der Waals surface area contributed by atoms with Crippen molar-refractivity contribution in [3.8, 4) is 11.5 Å². The van der Waals surface area contributed by atoms with Gasteiger partial charge in [0.05, 0.1) is 12.5 Å². The Hall–Kier alpha value is -3.30. The number of nitrogens with one attached hydrogen (secondary N) is 1. The number of carbonyl (C=O) groups excluding carboxylic acids is 2. The Bertz CT molecular complexity index is 1080. The first-order valence-corrected chi connectivity index (χ1v) is 11.2. The number of hydrogen-bond acceptors (Lipinski definition) is 6. The van der Waals surface area contributed by atoms with Crippen molar-refractivity contribution in [2.45, 2.75) is 43.3 Å². The lowest BCUT2D eigenvalue weighted by molar-refractivity contribution is -0.185. The Morgan fingerprint density at radius 3 is 2.50 bits per heavy atom. The number of carbonyl (C=O) groups is 3. The molecule has 2 aromatic carbocycles. The van der Waals surface area contributed by atoms with E-state index in [4.69, 9.17) is 16.3 Å². The monoisotopic (exact) mass is 490 g/mol. The van der Waals surface area contributed by atoms with Gasteiger partial charge in [-0.2, -0.15) is 0 Å². The maximum Gasteiger partial charge on any atom is 0.359 e. The molecule has 1 fully saturated rings. The van der Waals surface area contributed by atoms with Crippen molar-refractivity contribution in [3.63, 3.8) is 0 Å². The van der Waals surface area contributed by atoms with E-state index in [2.05, 4.69) is 5.32 Å². The molecule has 2 aromatic rings. The molecular weight excluding hydrogens is 464 g/mol. The van der Waals surface area contributed by atoms with Crippen LogP contribution in [0.25, 0.3) is 0 Å². The maximum absolute atomic E-state index is 12.9. The molecule has 0 aliphatic carbocycles. The van der Waals surface area contributed by atoms with E-state index in [-0.39, 0.29) is 29.8 Å². The fourth-order valence-corrected chi connectivity index (χ4v) is 4.41. The highest BCUT2D eigenvalue weighted by molar-refractivity contribution is 6.22. The first-order chi connectivity index (χ1) is 16.1. The number of carboxylic acid groups (broad SMARTS) is 1. The zero-order valence-corrected chi connectivity index (χ0v) is 19.6. The number of halogens is 1. The molecule has 1 saturated heterocycles. The number of aromatic hydroxyl groups is 1. The lowest BCUT2D eigenvalue weighted by Gasteiger charge is -2.34. The largest absolute Gasteiger partial charge is 0.508 e. The lowest BCUT2D eigenvalue weighted by atomic mass is 10.0. The number of rotatable bonds is 8. The maximum atomic E-state index is 12.9. The van der Waals surface area contributed by atoms with Crippen LogP contribution in [0.15, 0.2) is 42.5 Å². The molecular formula is C24H27ClN2O7. The number of aliphatic carboxylic acids is 1. The summed E-state index contributed by atoms with van der Waals surface area (Å²) >= 11 is 6.31. The molecule has 34 heavy (non-hydrogen) atoms. The molecule has 3 atom stereocenters. The molecule has 0 aromatic heterocycles. The average molecular weight is 491 g/mol. The first kappa shape index (κ1) is 25.3. The summed E-state index contributed by atoms with van der Waals surface area (Å²) in [6.07, 6.45) is 0.970. The van der Waals surface area contributed by atoms with Crippen LogP contribution in [0.2, 0.25) is 0 Å². The Morgan fingerprint density at radius 2 is 1.88 bits per heavy atom. The van der Waals surface area contributed by atoms with Gasteiger partial charge in [-0.05, 0) is 49.6 Å². The van der Waals surface area contributed by atoms with Gasteiger partial charge in [0.15, 0.2) is 0 Å². The van der Waals surface area contributed by atoms with Gasteiger partial charge in [-0.1, -0.05) is 18.2 Å². The number of likely N-dealkylation sites (tertiary alicyclic amines) is 1. The summed E-state index contributed by atoms with van der Waals surface area (Å²) in [5.74, 6) is -2.40. The predicted octanol–water partition coefficient (Wildman–Crippen LogP) is 2.05. The van der Waals surface area contributed by atoms with E-state index in [0.29, 0.717) is 18.6 Å². The van der Waals surface area contributed by atoms with Crippen molar-refractivity contribution in [1.29, 1.82) is 0 Å². The topological polar surface area (TPSA) is 136 Å². The summed E-state index contributed by atoms with van der Waals surface area (Å²) in [4.78, 5) is 38.6. The lowest BCUT2D eigenvalue weighted by Crippen LogP contribution is -2.63. The quantitative estimate of drug-likeness (QED) is 0.416. The summed E-state index contributed by atoms with van der Waals surface area (Å²) in [6, 6.07) is 10.2. The molecule has 0 saturated carbocycles. The third kappa shape index (κ3) is 4.95. The van der Waals surface area contributed by atoms with Gasteiger partial charge in [0.2, 0.25) is 5.91 Å². The summed E-state index contributed by atoms with van der Waals surface area (Å²) in [5.41, 5.74) is -1.36. The van der Waals surface area contributed by atoms with Crippen LogP contribution in [0.4, 0.5) is 0 Å². The van der Waals surface area contributed by atoms with Crippen LogP contribution in [0, 0.1) is 6.92 Å². The van der Waals surface area contributed by atoms with E-state index in [9.17, 15) is 29.7 Å². The minimum absolute atomic E-state index is 0.0163. The van der Waals surface area contributed by atoms with Gasteiger partial charge in [-0.15, -0.1) is 11.6 Å². The summed E-state index contributed by atoms with van der Waals surface area (Å²) in [7, 11) is 1.57. The number of benzene rings is 2. The van der Waals surface area contributed by atoms with Crippen molar-refractivity contribution in [1.82, 2.24) is 10.2 Å². The second-order valence-corrected chi connectivity index (χ2v) is 8.71. The van der Waals surface area contributed by atoms with Crippen LogP contribution in [0.5, 0.6) is 11.5 Å². The van der Waals surface area contributed by atoms with Crippen LogP contribution >= 0.6 is 11.6 Å². The van der Waals surface area contributed by atoms with Gasteiger partial charge in [0.25, 0.3) is 11.6 Å². The molecule has 0 spiro atoms. The molecule has 182 valence electrons. The van der Waals surface area contributed by atoms with Gasteiger partial charge in [-0.25, -0.2) is 4.79 Å². The third-order valence-electron chi connectivity index (χ3n) is 6.03. The Morgan fingerprint density at radius 1 is 1.21 bits per heavy atom. The standard InChI is InChI=1S/C24H27ClN2O7/c1-14-17(6-4-7-19(14)28)22(30)26-21-18(25)13-27(24(21,33)23(31)32)20(29)8-3-5-15-9-11-16(34-2)12-10-15/h4,6-7,9-12,18,21,28,33H,3,5,8,13H2,1-2H3,(H,26,30)(H,31,32)/t18?,21?,24-/m1/s1. The van der Waals surface area contributed by atoms with Gasteiger partial charge >= 0.3 is 5.97 Å². The fraction of sp³-hybridized carbons (Fsp3) is 0.375. The van der Waals surface area contributed by atoms with E-state index in [1.165, 1.54) is 25.1 Å². The number of amides is 2. The number of methoxy groups -OCH3 is 1. The molecule has 10 heteroatoms. The second-order valence-electron chi connectivity index (χ2n) is 8.15. The Balaban J connectivity index is 1.71. The van der Waals surface area contributed by atoms with E-state index in [1.807, 2.05) is 12.1 Å². The molecule has 9 nitrogen and oxygen atoms in total. The summed E-state index contributed by atoms with van der Waals surface area (Å²) in [5, 5.41) is 32.1. The highest BCUT2D eigenvalue weighted by Gasteiger charge is 2.60. The molecule has 1 aliphatic rings. The normalized spacial score (nSPS) is 21.8. The van der Waals surface area contributed by atoms with Crippen molar-refractivity contribution in [2.75, 3.05) is 13.7 Å². The number of phenolic OH excluding ortho intramolecular Hbond substituents is 1. The van der Waals surface area contributed by atoms with E-state index in [1.54, 1.807) is 19.2 Å². The van der Waals surface area contributed by atoms with Crippen molar-refractivity contribution in [2.24, 2.45) is 0 Å². The Kier molecular flexibility index (Phi) is 7.68. The van der Waals surface area contributed by atoms with E-state index in [0.717, 1.165) is 10.5 Å². The molecule has 0 bridgehead atoms. The number of ether oxygens (including phenoxy) is 1. The average Bonchev–Trinajstić information content (AvgIpc) is 3.07. The molecule has 2 amide bonds. The smallest absolute Gasteiger partial charge is 0.359 e. The number of aliphatic hydroxyl groups is 1. The van der Waals surface area contributed by atoms with Gasteiger partial charge in [0, 0.05) is 24.1 Å². The van der Waals surface area contributed by atoms with Gasteiger partial charge < -0.3 is 30.3 Å². The highest BCUT2D eigenvalue weighted by Crippen LogP contribution is 2.33. The minimum Gasteiger partial charge on any atom is -0.508 e. The first-order valence-electron chi connectivity index (χ1n) is 10.7. The van der Waals surface area contributed by atoms with Gasteiger partial charge in [-0.3, -0.25) is 9.59 Å². The van der Waals surface area contributed by atoms with Crippen molar-refractivity contribution < 1.29 is 34.4 Å². The van der Waals surface area contributed by atoms with Crippen LogP contribution in [0.3, 0.4) is 0 Å². The van der Waals surface area contributed by atoms with Crippen LogP contribution in [-0.2, 0) is 16.0 Å². The molecule has 1 heterocycles. The van der Waals surface area contributed by atoms with Crippen molar-refractivity contribution in [3.05, 3.63) is 59.2 Å². The molecule has 1 aliphatic heterocycles. The summed E-state index contributed by atoms with van der Waals surface area (Å²) < 4.78 is 5.11. The van der Waals surface area contributed by atoms with E-state index >= 15 is 0 Å². The predicted molar refractivity (Wildman–Crippen MR) is 124 cm³/mol. The van der Waals surface area contributed by atoms with Gasteiger partial charge in [0.1, 0.15) is 17.5 Å². The molecule has 2 unspecified atom stereocenters. The number of nitrogens with zero attached hydrogens (tertiary/aromatic N) is 1. The number of carboxylic acids is 1. The highest BCUT2D eigenvalue weighted by atomic mass is 35.5. The van der Waals surface area contributed by atoms with E-state index < -0.39 is 34.9 Å². The fourth-order valence-electron chi connectivity index (χ4n) is 4.03. The van der Waals surface area contributed by atoms with Crippen molar-refractivity contribution >= 4 is 29.4 Å². The molecule has 0 radical (unpaired) electrons. The van der Waals surface area contributed by atoms with Crippen LogP contribution in [0.1, 0.15) is 34.3 Å².